The first kappa shape index (κ1) is 21.8. The number of hydrogen-bond acceptors (Lipinski definition) is 7. The molecule has 2 aromatic heterocycles. The number of likely N-dealkylation sites (N-methyl/N-ethyl adjacent to an activating group) is 1. The highest BCUT2D eigenvalue weighted by Crippen LogP contribution is 2.14. The van der Waals surface area contributed by atoms with E-state index in [9.17, 15) is 9.90 Å². The van der Waals surface area contributed by atoms with Gasteiger partial charge in [-0.25, -0.2) is 9.97 Å². The summed E-state index contributed by atoms with van der Waals surface area (Å²) in [5.74, 6) is 0.428. The molecule has 1 aliphatic heterocycles. The highest BCUT2D eigenvalue weighted by Gasteiger charge is 2.28. The summed E-state index contributed by atoms with van der Waals surface area (Å²) in [5, 5.41) is 14.9. The van der Waals surface area contributed by atoms with Crippen molar-refractivity contribution in [3.05, 3.63) is 18.6 Å². The number of anilines is 1. The Morgan fingerprint density at radius 1 is 1.46 bits per heavy atom. The molecule has 6 N–H and O–H groups in total. The number of rotatable bonds is 3. The highest BCUT2D eigenvalue weighted by molar-refractivity contribution is 5.83. The summed E-state index contributed by atoms with van der Waals surface area (Å²) < 4.78 is 5.30. The number of aliphatic hydroxyl groups is 1. The number of amides is 1. The minimum Gasteiger partial charge on any atom is -0.391 e. The average Bonchev–Trinajstić information content (AvgIpc) is 3.11. The number of ether oxygens (including phenoxy) is 1. The first-order valence-corrected chi connectivity index (χ1v) is 8.78. The Balaban J connectivity index is 0.000000246. The first-order valence-electron chi connectivity index (χ1n) is 8.78. The van der Waals surface area contributed by atoms with Crippen LogP contribution >= 0.6 is 0 Å². The highest BCUT2D eigenvalue weighted by atomic mass is 16.5. The Hall–Kier alpha value is -2.23. The number of nitrogens with two attached hydrogens (primary N) is 1. The predicted octanol–water partition coefficient (Wildman–Crippen LogP) is 0.427. The largest absolute Gasteiger partial charge is 0.391 e. The van der Waals surface area contributed by atoms with Gasteiger partial charge in [-0.3, -0.25) is 4.79 Å². The van der Waals surface area contributed by atoms with Gasteiger partial charge >= 0.3 is 0 Å². The molecule has 3 atom stereocenters. The first-order chi connectivity index (χ1) is 12.5. The Bertz CT molecular complexity index is 663. The van der Waals surface area contributed by atoms with Crippen molar-refractivity contribution in [2.45, 2.75) is 45.4 Å². The van der Waals surface area contributed by atoms with Gasteiger partial charge < -0.3 is 31.2 Å². The summed E-state index contributed by atoms with van der Waals surface area (Å²) >= 11 is 0. The van der Waals surface area contributed by atoms with E-state index in [-0.39, 0.29) is 18.1 Å². The Morgan fingerprint density at radius 3 is 2.85 bits per heavy atom. The minimum absolute atomic E-state index is 0.0285. The van der Waals surface area contributed by atoms with Crippen LogP contribution in [-0.4, -0.2) is 64.4 Å². The second-order valence-corrected chi connectivity index (χ2v) is 5.63. The van der Waals surface area contributed by atoms with Crippen molar-refractivity contribution < 1.29 is 14.6 Å². The van der Waals surface area contributed by atoms with Crippen molar-refractivity contribution in [1.82, 2.24) is 25.6 Å². The van der Waals surface area contributed by atoms with E-state index in [0.29, 0.717) is 25.4 Å². The van der Waals surface area contributed by atoms with Crippen LogP contribution in [0, 0.1) is 0 Å². The molecule has 26 heavy (non-hydrogen) atoms. The summed E-state index contributed by atoms with van der Waals surface area (Å²) in [7, 11) is 1.72. The fraction of sp³-hybridized carbons (Fsp3) is 0.588. The van der Waals surface area contributed by atoms with Gasteiger partial charge in [0.05, 0.1) is 36.9 Å². The number of aromatic amines is 1. The molecule has 0 aromatic carbocycles. The summed E-state index contributed by atoms with van der Waals surface area (Å²) in [5.41, 5.74) is 7.18. The minimum atomic E-state index is -0.467. The normalized spacial score (nSPS) is 21.8. The van der Waals surface area contributed by atoms with E-state index in [0.717, 1.165) is 11.0 Å². The number of hydrogen-bond donors (Lipinski definition) is 5. The topological polar surface area (TPSA) is 138 Å². The van der Waals surface area contributed by atoms with Gasteiger partial charge in [-0.05, 0) is 26.5 Å². The van der Waals surface area contributed by atoms with Crippen molar-refractivity contribution in [2.75, 3.05) is 25.9 Å². The van der Waals surface area contributed by atoms with E-state index >= 15 is 0 Å². The number of nitrogens with zero attached hydrogens (tertiary/aromatic N) is 2. The van der Waals surface area contributed by atoms with E-state index in [1.54, 1.807) is 13.2 Å². The van der Waals surface area contributed by atoms with E-state index < -0.39 is 6.10 Å². The van der Waals surface area contributed by atoms with Gasteiger partial charge in [-0.1, -0.05) is 13.8 Å². The lowest BCUT2D eigenvalue weighted by molar-refractivity contribution is -0.125. The number of aromatic nitrogens is 3. The standard InChI is InChI=1S/C9H18N2O3.C6H6N4.C2H6/c1-6-8(3-7(12)5-14-6)11-9(13)4-10-2;7-6-5-4(1-2-8-5)9-3-10-6;1-2/h6-8,10,12H,3-5H2,1-2H3,(H,11,13);1-3,8H,(H2,7,9,10);1-2H3/t6-,7+,8?;;/m0../s1. The van der Waals surface area contributed by atoms with Crippen LogP contribution in [0.25, 0.3) is 11.0 Å². The zero-order valence-electron chi connectivity index (χ0n) is 15.8. The molecule has 2 aromatic rings. The van der Waals surface area contributed by atoms with Gasteiger partial charge in [0.1, 0.15) is 11.8 Å². The molecular weight excluding hydrogens is 336 g/mol. The van der Waals surface area contributed by atoms with Gasteiger partial charge in [-0.2, -0.15) is 0 Å². The summed E-state index contributed by atoms with van der Waals surface area (Å²) in [6.07, 6.45) is 3.31. The third-order valence-electron chi connectivity index (χ3n) is 3.70. The fourth-order valence-electron chi connectivity index (χ4n) is 2.42. The molecule has 0 radical (unpaired) electrons. The Kier molecular flexibility index (Phi) is 9.56. The number of carbonyl (C=O) groups is 1. The van der Waals surface area contributed by atoms with Crippen molar-refractivity contribution in [3.63, 3.8) is 0 Å². The molecule has 3 rings (SSSR count). The van der Waals surface area contributed by atoms with E-state index in [1.165, 1.54) is 6.33 Å². The third kappa shape index (κ3) is 6.58. The second-order valence-electron chi connectivity index (χ2n) is 5.63. The van der Waals surface area contributed by atoms with Crippen LogP contribution in [0.3, 0.4) is 0 Å². The molecule has 1 fully saturated rings. The lowest BCUT2D eigenvalue weighted by Crippen LogP contribution is -2.51. The predicted molar refractivity (Wildman–Crippen MR) is 102 cm³/mol. The quantitative estimate of drug-likeness (QED) is 0.531. The smallest absolute Gasteiger partial charge is 0.234 e. The van der Waals surface area contributed by atoms with Crippen LogP contribution in [-0.2, 0) is 9.53 Å². The molecule has 1 unspecified atom stereocenters. The van der Waals surface area contributed by atoms with Crippen molar-refractivity contribution in [2.24, 2.45) is 0 Å². The van der Waals surface area contributed by atoms with Gasteiger partial charge in [0, 0.05) is 6.20 Å². The number of nitrogens with one attached hydrogen (secondary N) is 3. The zero-order valence-corrected chi connectivity index (χ0v) is 15.8. The number of aliphatic hydroxyl groups excluding tert-OH is 1. The van der Waals surface area contributed by atoms with Crippen molar-refractivity contribution in [1.29, 1.82) is 0 Å². The molecule has 9 heteroatoms. The summed E-state index contributed by atoms with van der Waals surface area (Å²) in [6, 6.07) is 1.77. The third-order valence-corrected chi connectivity index (χ3v) is 3.70. The molecule has 0 aliphatic carbocycles. The van der Waals surface area contributed by atoms with Crippen molar-refractivity contribution in [3.8, 4) is 0 Å². The lowest BCUT2D eigenvalue weighted by atomic mass is 10.0. The average molecular weight is 366 g/mol. The molecule has 0 spiro atoms. The van der Waals surface area contributed by atoms with Crippen LogP contribution < -0.4 is 16.4 Å². The van der Waals surface area contributed by atoms with Crippen molar-refractivity contribution >= 4 is 22.8 Å². The Labute approximate surface area is 153 Å². The van der Waals surface area contributed by atoms with Gasteiger partial charge in [-0.15, -0.1) is 0 Å². The maximum absolute atomic E-state index is 11.3. The van der Waals surface area contributed by atoms with E-state index in [4.69, 9.17) is 10.5 Å². The van der Waals surface area contributed by atoms with Crippen LogP contribution in [0.15, 0.2) is 18.6 Å². The van der Waals surface area contributed by atoms with Gasteiger partial charge in [0.15, 0.2) is 5.82 Å². The number of nitrogen functional groups attached to an aromatic ring is 1. The Morgan fingerprint density at radius 2 is 2.19 bits per heavy atom. The van der Waals surface area contributed by atoms with Crippen LogP contribution in [0.1, 0.15) is 27.2 Å². The summed E-state index contributed by atoms with van der Waals surface area (Å²) in [4.78, 5) is 22.0. The number of fused-ring (bicyclic) bond motifs is 1. The SMILES string of the molecule is CC.CNCC(=O)NC1C[C@@H](O)CO[C@H]1C.Nc1ncnc2cc[nH]c12. The maximum atomic E-state index is 11.3. The molecular formula is C17H30N6O3. The number of H-pyrrole nitrogens is 1. The molecule has 1 aliphatic rings. The zero-order chi connectivity index (χ0) is 19.5. The fourth-order valence-corrected chi connectivity index (χ4v) is 2.42. The maximum Gasteiger partial charge on any atom is 0.234 e. The van der Waals surface area contributed by atoms with E-state index in [2.05, 4.69) is 25.6 Å². The molecule has 0 saturated carbocycles. The van der Waals surface area contributed by atoms with Crippen LogP contribution in [0.5, 0.6) is 0 Å². The molecule has 9 nitrogen and oxygen atoms in total. The molecule has 3 heterocycles. The number of carbonyl (C=O) groups excluding carboxylic acids is 1. The van der Waals surface area contributed by atoms with Crippen LogP contribution in [0.2, 0.25) is 0 Å². The molecule has 1 amide bonds. The second kappa shape index (κ2) is 11.4. The monoisotopic (exact) mass is 366 g/mol. The van der Waals surface area contributed by atoms with Gasteiger partial charge in [0.25, 0.3) is 0 Å². The van der Waals surface area contributed by atoms with E-state index in [1.807, 2.05) is 26.8 Å². The van der Waals surface area contributed by atoms with Crippen LogP contribution in [0.4, 0.5) is 5.82 Å². The molecule has 1 saturated heterocycles. The van der Waals surface area contributed by atoms with Gasteiger partial charge in [0.2, 0.25) is 5.91 Å². The summed E-state index contributed by atoms with van der Waals surface area (Å²) in [6.45, 7) is 6.55. The molecule has 146 valence electrons. The lowest BCUT2D eigenvalue weighted by Gasteiger charge is -2.32. The molecule has 0 bridgehead atoms.